The van der Waals surface area contributed by atoms with Gasteiger partial charge in [0.1, 0.15) is 5.75 Å². The molecule has 0 aromatic heterocycles. The molecule has 0 aliphatic carbocycles. The molecule has 4 heteroatoms. The number of likely N-dealkylation sites (tertiary alicyclic amines) is 1. The van der Waals surface area contributed by atoms with Crippen molar-refractivity contribution >= 4 is 12.0 Å². The highest BCUT2D eigenvalue weighted by Crippen LogP contribution is 2.26. The van der Waals surface area contributed by atoms with Gasteiger partial charge in [-0.2, -0.15) is 0 Å². The van der Waals surface area contributed by atoms with Crippen LogP contribution in [0.15, 0.2) is 24.3 Å². The molecular weight excluding hydrogens is 266 g/mol. The Kier molecular flexibility index (Phi) is 4.25. The first kappa shape index (κ1) is 14.1. The van der Waals surface area contributed by atoms with E-state index in [1.807, 2.05) is 23.1 Å². The summed E-state index contributed by atoms with van der Waals surface area (Å²) in [4.78, 5) is 14.0. The first-order valence-corrected chi connectivity index (χ1v) is 7.60. The van der Waals surface area contributed by atoms with E-state index in [0.717, 1.165) is 43.7 Å². The van der Waals surface area contributed by atoms with E-state index < -0.39 is 0 Å². The van der Waals surface area contributed by atoms with Crippen LogP contribution < -0.4 is 4.74 Å². The van der Waals surface area contributed by atoms with Gasteiger partial charge < -0.3 is 14.7 Å². The third kappa shape index (κ3) is 3.27. The predicted molar refractivity (Wildman–Crippen MR) is 81.1 cm³/mol. The average Bonchev–Trinajstić information content (AvgIpc) is 3.00. The molecule has 3 rings (SSSR count). The van der Waals surface area contributed by atoms with E-state index >= 15 is 0 Å². The minimum absolute atomic E-state index is 0.0323. The van der Waals surface area contributed by atoms with Gasteiger partial charge in [-0.25, -0.2) is 0 Å². The van der Waals surface area contributed by atoms with E-state index in [9.17, 15) is 9.90 Å². The second-order valence-electron chi connectivity index (χ2n) is 5.77. The molecule has 1 aromatic carbocycles. The molecule has 112 valence electrons. The Labute approximate surface area is 125 Å². The molecule has 0 bridgehead atoms. The normalized spacial score (nSPS) is 21.4. The van der Waals surface area contributed by atoms with Gasteiger partial charge in [-0.15, -0.1) is 0 Å². The Balaban J connectivity index is 1.64. The van der Waals surface area contributed by atoms with Crippen molar-refractivity contribution < 1.29 is 14.6 Å². The van der Waals surface area contributed by atoms with E-state index in [1.165, 1.54) is 5.56 Å². The van der Waals surface area contributed by atoms with Crippen molar-refractivity contribution in [2.24, 2.45) is 5.92 Å². The minimum atomic E-state index is 0.0323. The molecule has 0 spiro atoms. The highest BCUT2D eigenvalue weighted by Gasteiger charge is 2.21. The second kappa shape index (κ2) is 6.31. The molecule has 1 atom stereocenters. The predicted octanol–water partition coefficient (Wildman–Crippen LogP) is 1.87. The van der Waals surface area contributed by atoms with Crippen LogP contribution in [-0.2, 0) is 11.2 Å². The Morgan fingerprint density at radius 1 is 1.48 bits per heavy atom. The molecule has 1 fully saturated rings. The standard InChI is InChI=1S/C17H21NO3/c19-12-14-2-1-8-18(11-14)17(20)6-4-13-3-5-16-15(10-13)7-9-21-16/h3-6,10,14,19H,1-2,7-9,11-12H2/b6-4-/t14-/m1/s1. The van der Waals surface area contributed by atoms with E-state index in [2.05, 4.69) is 6.07 Å². The number of rotatable bonds is 3. The van der Waals surface area contributed by atoms with Crippen molar-refractivity contribution in [2.45, 2.75) is 19.3 Å². The molecule has 0 radical (unpaired) electrons. The lowest BCUT2D eigenvalue weighted by molar-refractivity contribution is -0.127. The fourth-order valence-electron chi connectivity index (χ4n) is 3.00. The molecule has 0 unspecified atom stereocenters. The van der Waals surface area contributed by atoms with E-state index in [-0.39, 0.29) is 18.4 Å². The molecule has 1 aromatic rings. The van der Waals surface area contributed by atoms with E-state index in [4.69, 9.17) is 4.74 Å². The van der Waals surface area contributed by atoms with Gasteiger partial charge in [-0.1, -0.05) is 6.07 Å². The second-order valence-corrected chi connectivity index (χ2v) is 5.77. The number of nitrogens with zero attached hydrogens (tertiary/aromatic N) is 1. The van der Waals surface area contributed by atoms with Crippen molar-refractivity contribution in [3.8, 4) is 5.75 Å². The number of piperidine rings is 1. The maximum absolute atomic E-state index is 12.2. The summed E-state index contributed by atoms with van der Waals surface area (Å²) in [6.45, 7) is 2.37. The lowest BCUT2D eigenvalue weighted by atomic mass is 9.99. The topological polar surface area (TPSA) is 49.8 Å². The van der Waals surface area contributed by atoms with Gasteiger partial charge in [-0.05, 0) is 48.1 Å². The summed E-state index contributed by atoms with van der Waals surface area (Å²) in [5, 5.41) is 9.22. The van der Waals surface area contributed by atoms with Crippen LogP contribution in [0.4, 0.5) is 0 Å². The fraction of sp³-hybridized carbons (Fsp3) is 0.471. The zero-order valence-electron chi connectivity index (χ0n) is 12.1. The molecule has 0 saturated carbocycles. The number of carbonyl (C=O) groups is 1. The Morgan fingerprint density at radius 2 is 2.38 bits per heavy atom. The van der Waals surface area contributed by atoms with Crippen LogP contribution in [0.1, 0.15) is 24.0 Å². The van der Waals surface area contributed by atoms with E-state index in [1.54, 1.807) is 6.08 Å². The number of hydrogen-bond acceptors (Lipinski definition) is 3. The number of ether oxygens (including phenoxy) is 1. The summed E-state index contributed by atoms with van der Waals surface area (Å²) in [5.74, 6) is 1.22. The Hall–Kier alpha value is -1.81. The molecule has 2 aliphatic rings. The number of amides is 1. The summed E-state index contributed by atoms with van der Waals surface area (Å²) < 4.78 is 5.48. The van der Waals surface area contributed by atoms with Crippen molar-refractivity contribution in [1.29, 1.82) is 0 Å². The largest absolute Gasteiger partial charge is 0.493 e. The molecule has 1 N–H and O–H groups in total. The molecule has 2 heterocycles. The lowest BCUT2D eigenvalue weighted by Gasteiger charge is -2.31. The molecule has 4 nitrogen and oxygen atoms in total. The Bertz CT molecular complexity index is 553. The number of carbonyl (C=O) groups excluding carboxylic acids is 1. The number of benzene rings is 1. The van der Waals surface area contributed by atoms with E-state index in [0.29, 0.717) is 6.54 Å². The lowest BCUT2D eigenvalue weighted by Crippen LogP contribution is -2.40. The summed E-state index contributed by atoms with van der Waals surface area (Å²) in [6.07, 6.45) is 6.42. The quantitative estimate of drug-likeness (QED) is 0.863. The third-order valence-electron chi connectivity index (χ3n) is 4.22. The van der Waals surface area contributed by atoms with Crippen LogP contribution in [0.3, 0.4) is 0 Å². The first-order chi connectivity index (χ1) is 10.3. The van der Waals surface area contributed by atoms with Gasteiger partial charge in [0, 0.05) is 32.2 Å². The molecular formula is C17H21NO3. The number of fused-ring (bicyclic) bond motifs is 1. The van der Waals surface area contributed by atoms with Crippen molar-refractivity contribution in [3.05, 3.63) is 35.4 Å². The highest BCUT2D eigenvalue weighted by atomic mass is 16.5. The van der Waals surface area contributed by atoms with Crippen molar-refractivity contribution in [3.63, 3.8) is 0 Å². The monoisotopic (exact) mass is 287 g/mol. The average molecular weight is 287 g/mol. The van der Waals surface area contributed by atoms with Gasteiger partial charge in [0.2, 0.25) is 5.91 Å². The van der Waals surface area contributed by atoms with Crippen LogP contribution >= 0.6 is 0 Å². The zero-order valence-corrected chi connectivity index (χ0v) is 12.1. The minimum Gasteiger partial charge on any atom is -0.493 e. The van der Waals surface area contributed by atoms with Crippen molar-refractivity contribution in [1.82, 2.24) is 4.90 Å². The maximum Gasteiger partial charge on any atom is 0.246 e. The molecule has 2 aliphatic heterocycles. The first-order valence-electron chi connectivity index (χ1n) is 7.60. The fourth-order valence-corrected chi connectivity index (χ4v) is 3.00. The summed E-state index contributed by atoms with van der Waals surface area (Å²) in [7, 11) is 0. The van der Waals surface area contributed by atoms with Crippen LogP contribution in [-0.4, -0.2) is 42.2 Å². The molecule has 1 saturated heterocycles. The number of aliphatic hydroxyl groups is 1. The summed E-state index contributed by atoms with van der Waals surface area (Å²) in [5.41, 5.74) is 2.24. The van der Waals surface area contributed by atoms with Gasteiger partial charge in [0.15, 0.2) is 0 Å². The smallest absolute Gasteiger partial charge is 0.246 e. The number of aliphatic hydroxyl groups excluding tert-OH is 1. The maximum atomic E-state index is 12.2. The van der Waals surface area contributed by atoms with Gasteiger partial charge >= 0.3 is 0 Å². The Morgan fingerprint density at radius 3 is 3.24 bits per heavy atom. The number of hydrogen-bond donors (Lipinski definition) is 1. The zero-order chi connectivity index (χ0) is 14.7. The van der Waals surface area contributed by atoms with Crippen LogP contribution in [0, 0.1) is 5.92 Å². The SMILES string of the molecule is O=C(/C=C\c1ccc2c(c1)CCO2)N1CCC[C@@H](CO)C1. The van der Waals surface area contributed by atoms with Crippen molar-refractivity contribution in [2.75, 3.05) is 26.3 Å². The van der Waals surface area contributed by atoms with Crippen LogP contribution in [0.2, 0.25) is 0 Å². The van der Waals surface area contributed by atoms with Crippen LogP contribution in [0.5, 0.6) is 5.75 Å². The van der Waals surface area contributed by atoms with Gasteiger partial charge in [0.05, 0.1) is 6.61 Å². The molecule has 21 heavy (non-hydrogen) atoms. The summed E-state index contributed by atoms with van der Waals surface area (Å²) >= 11 is 0. The van der Waals surface area contributed by atoms with Gasteiger partial charge in [-0.3, -0.25) is 4.79 Å². The van der Waals surface area contributed by atoms with Crippen LogP contribution in [0.25, 0.3) is 6.08 Å². The highest BCUT2D eigenvalue weighted by molar-refractivity contribution is 5.91. The third-order valence-corrected chi connectivity index (χ3v) is 4.22. The summed E-state index contributed by atoms with van der Waals surface area (Å²) in [6, 6.07) is 6.02. The molecule has 1 amide bonds. The van der Waals surface area contributed by atoms with Gasteiger partial charge in [0.25, 0.3) is 0 Å².